The van der Waals surface area contributed by atoms with E-state index in [9.17, 15) is 0 Å². The van der Waals surface area contributed by atoms with Gasteiger partial charge in [-0.3, -0.25) is 9.97 Å². The quantitative estimate of drug-likeness (QED) is 0.378. The second kappa shape index (κ2) is 11.8. The summed E-state index contributed by atoms with van der Waals surface area (Å²) < 4.78 is 0. The van der Waals surface area contributed by atoms with E-state index in [1.165, 1.54) is 16.8 Å². The Labute approximate surface area is 214 Å². The Morgan fingerprint density at radius 1 is 1.17 bits per heavy atom. The van der Waals surface area contributed by atoms with E-state index >= 15 is 0 Å². The summed E-state index contributed by atoms with van der Waals surface area (Å²) in [5, 5.41) is 3.51. The molecule has 0 unspecified atom stereocenters. The van der Waals surface area contributed by atoms with Crippen molar-refractivity contribution in [2.45, 2.75) is 60.5 Å². The number of aryl methyl sites for hydroxylation is 1. The standard InChI is InChI=1S/C30H36N6/c1-6-9-21(3)15-25(10-7-2)28-22(4)16-24(17-32-28)18-33-29-23(5)30(35-20-34-29)36-14-12-27-26(19-36)11-8-13-31-27/h7-11,13,15-17,20H,6,12,14,18-19H2,1-5H3,(H,33,34,35)/b10-7-,21-9+,25-15+. The molecular weight excluding hydrogens is 444 g/mol. The number of allylic oxidation sites excluding steroid dienone is 6. The number of rotatable bonds is 8. The molecule has 1 aliphatic rings. The first kappa shape index (κ1) is 25.3. The molecule has 0 aromatic carbocycles. The van der Waals surface area contributed by atoms with Gasteiger partial charge in [-0.2, -0.15) is 0 Å². The Morgan fingerprint density at radius 3 is 2.81 bits per heavy atom. The fourth-order valence-corrected chi connectivity index (χ4v) is 4.70. The van der Waals surface area contributed by atoms with Gasteiger partial charge in [-0.05, 0) is 56.9 Å². The van der Waals surface area contributed by atoms with E-state index in [0.717, 1.165) is 65.5 Å². The number of nitrogens with zero attached hydrogens (tertiary/aromatic N) is 5. The van der Waals surface area contributed by atoms with E-state index in [1.807, 2.05) is 25.4 Å². The van der Waals surface area contributed by atoms with Gasteiger partial charge in [0.25, 0.3) is 0 Å². The highest BCUT2D eigenvalue weighted by Crippen LogP contribution is 2.28. The van der Waals surface area contributed by atoms with Crippen molar-refractivity contribution in [1.82, 2.24) is 19.9 Å². The molecule has 4 rings (SSSR count). The molecule has 1 N–H and O–H groups in total. The summed E-state index contributed by atoms with van der Waals surface area (Å²) in [4.78, 5) is 20.8. The van der Waals surface area contributed by atoms with Crippen LogP contribution < -0.4 is 10.2 Å². The van der Waals surface area contributed by atoms with Gasteiger partial charge in [-0.15, -0.1) is 0 Å². The molecule has 6 heteroatoms. The fraction of sp³-hybridized carbons (Fsp3) is 0.333. The van der Waals surface area contributed by atoms with E-state index in [1.54, 1.807) is 6.33 Å². The predicted molar refractivity (Wildman–Crippen MR) is 149 cm³/mol. The van der Waals surface area contributed by atoms with Crippen molar-refractivity contribution in [3.05, 3.63) is 100 Å². The number of hydrogen-bond acceptors (Lipinski definition) is 6. The van der Waals surface area contributed by atoms with Crippen LogP contribution in [0.25, 0.3) is 5.57 Å². The van der Waals surface area contributed by atoms with Crippen LogP contribution in [0.1, 0.15) is 60.8 Å². The summed E-state index contributed by atoms with van der Waals surface area (Å²) in [5.74, 6) is 1.83. The minimum atomic E-state index is 0.648. The SMILES string of the molecule is C\C=C/C(=C\C(C)=C\CC)c1ncc(CNc2ncnc(N3CCc4ncccc4C3)c2C)cc1C. The van der Waals surface area contributed by atoms with Crippen LogP contribution in [0.15, 0.2) is 66.8 Å². The van der Waals surface area contributed by atoms with E-state index in [-0.39, 0.29) is 0 Å². The van der Waals surface area contributed by atoms with E-state index < -0.39 is 0 Å². The summed E-state index contributed by atoms with van der Waals surface area (Å²) in [6.07, 6.45) is 16.1. The lowest BCUT2D eigenvalue weighted by atomic mass is 10.0. The van der Waals surface area contributed by atoms with Gasteiger partial charge in [0, 0.05) is 55.3 Å². The van der Waals surface area contributed by atoms with E-state index in [0.29, 0.717) is 6.54 Å². The first-order valence-electron chi connectivity index (χ1n) is 12.7. The van der Waals surface area contributed by atoms with Crippen molar-refractivity contribution >= 4 is 17.2 Å². The largest absolute Gasteiger partial charge is 0.366 e. The molecule has 3 aromatic heterocycles. The molecule has 0 amide bonds. The van der Waals surface area contributed by atoms with Crippen LogP contribution in [0.4, 0.5) is 11.6 Å². The first-order valence-corrected chi connectivity index (χ1v) is 12.7. The Bertz CT molecular complexity index is 1300. The molecule has 0 fully saturated rings. The molecule has 3 aromatic rings. The molecule has 0 saturated carbocycles. The highest BCUT2D eigenvalue weighted by atomic mass is 15.2. The van der Waals surface area contributed by atoms with E-state index in [4.69, 9.17) is 4.98 Å². The Balaban J connectivity index is 1.49. The van der Waals surface area contributed by atoms with Crippen molar-refractivity contribution < 1.29 is 0 Å². The van der Waals surface area contributed by atoms with Gasteiger partial charge in [0.05, 0.1) is 5.69 Å². The van der Waals surface area contributed by atoms with Crippen molar-refractivity contribution in [3.63, 3.8) is 0 Å². The molecular formula is C30H36N6. The van der Waals surface area contributed by atoms with Crippen LogP contribution in [0.5, 0.6) is 0 Å². The molecule has 0 radical (unpaired) electrons. The zero-order valence-electron chi connectivity index (χ0n) is 22.0. The average Bonchev–Trinajstić information content (AvgIpc) is 2.88. The molecule has 6 nitrogen and oxygen atoms in total. The predicted octanol–water partition coefficient (Wildman–Crippen LogP) is 6.37. The number of aromatic nitrogens is 4. The minimum Gasteiger partial charge on any atom is -0.366 e. The smallest absolute Gasteiger partial charge is 0.137 e. The van der Waals surface area contributed by atoms with Crippen LogP contribution in [-0.4, -0.2) is 26.5 Å². The van der Waals surface area contributed by atoms with Crippen LogP contribution >= 0.6 is 0 Å². The van der Waals surface area contributed by atoms with Crippen LogP contribution in [0, 0.1) is 13.8 Å². The fourth-order valence-electron chi connectivity index (χ4n) is 4.70. The normalized spacial score (nSPS) is 14.3. The highest BCUT2D eigenvalue weighted by Gasteiger charge is 2.21. The van der Waals surface area contributed by atoms with Crippen LogP contribution in [0.2, 0.25) is 0 Å². The Kier molecular flexibility index (Phi) is 8.26. The molecule has 0 aliphatic carbocycles. The maximum atomic E-state index is 4.82. The molecule has 36 heavy (non-hydrogen) atoms. The number of anilines is 2. The number of nitrogens with one attached hydrogen (secondary N) is 1. The first-order chi connectivity index (χ1) is 17.5. The maximum Gasteiger partial charge on any atom is 0.137 e. The topological polar surface area (TPSA) is 66.8 Å². The summed E-state index contributed by atoms with van der Waals surface area (Å²) in [5.41, 5.74) is 9.19. The van der Waals surface area contributed by atoms with Crippen LogP contribution in [0.3, 0.4) is 0 Å². The highest BCUT2D eigenvalue weighted by molar-refractivity contribution is 5.75. The molecule has 0 atom stereocenters. The lowest BCUT2D eigenvalue weighted by Gasteiger charge is -2.30. The maximum absolute atomic E-state index is 4.82. The van der Waals surface area contributed by atoms with Gasteiger partial charge < -0.3 is 10.2 Å². The Morgan fingerprint density at radius 2 is 2.03 bits per heavy atom. The van der Waals surface area contributed by atoms with Crippen molar-refractivity contribution in [2.75, 3.05) is 16.8 Å². The summed E-state index contributed by atoms with van der Waals surface area (Å²) in [6.45, 7) is 12.9. The van der Waals surface area contributed by atoms with Gasteiger partial charge in [-0.25, -0.2) is 9.97 Å². The molecule has 1 aliphatic heterocycles. The van der Waals surface area contributed by atoms with Gasteiger partial charge in [0.1, 0.15) is 18.0 Å². The van der Waals surface area contributed by atoms with Crippen molar-refractivity contribution in [2.24, 2.45) is 0 Å². The average molecular weight is 481 g/mol. The van der Waals surface area contributed by atoms with E-state index in [2.05, 4.69) is 89.3 Å². The van der Waals surface area contributed by atoms with Crippen LogP contribution in [-0.2, 0) is 19.5 Å². The van der Waals surface area contributed by atoms with Gasteiger partial charge in [0.15, 0.2) is 0 Å². The molecule has 186 valence electrons. The minimum absolute atomic E-state index is 0.648. The van der Waals surface area contributed by atoms with Crippen molar-refractivity contribution in [1.29, 1.82) is 0 Å². The third-order valence-corrected chi connectivity index (χ3v) is 6.45. The monoisotopic (exact) mass is 480 g/mol. The summed E-state index contributed by atoms with van der Waals surface area (Å²) in [6, 6.07) is 6.36. The number of hydrogen-bond donors (Lipinski definition) is 1. The summed E-state index contributed by atoms with van der Waals surface area (Å²) >= 11 is 0. The zero-order valence-corrected chi connectivity index (χ0v) is 22.0. The third-order valence-electron chi connectivity index (χ3n) is 6.45. The summed E-state index contributed by atoms with van der Waals surface area (Å²) in [7, 11) is 0. The second-order valence-electron chi connectivity index (χ2n) is 9.27. The molecule has 0 spiro atoms. The third kappa shape index (κ3) is 5.88. The van der Waals surface area contributed by atoms with Crippen molar-refractivity contribution in [3.8, 4) is 0 Å². The zero-order chi connectivity index (χ0) is 25.5. The molecule has 4 heterocycles. The van der Waals surface area contributed by atoms with Gasteiger partial charge in [0.2, 0.25) is 0 Å². The number of fused-ring (bicyclic) bond motifs is 1. The molecule has 0 saturated heterocycles. The lowest BCUT2D eigenvalue weighted by Crippen LogP contribution is -2.32. The molecule has 0 bridgehead atoms. The number of pyridine rings is 2. The lowest BCUT2D eigenvalue weighted by molar-refractivity contribution is 0.699. The second-order valence-corrected chi connectivity index (χ2v) is 9.27. The van der Waals surface area contributed by atoms with Gasteiger partial charge >= 0.3 is 0 Å². The van der Waals surface area contributed by atoms with Gasteiger partial charge in [-0.1, -0.05) is 48.9 Å². The Hall–Kier alpha value is -3.80.